The number of rotatable bonds is 3. The molecule has 1 unspecified atom stereocenters. The Labute approximate surface area is 101 Å². The Morgan fingerprint density at radius 1 is 1.22 bits per heavy atom. The lowest BCUT2D eigenvalue weighted by Gasteiger charge is -2.25. The van der Waals surface area contributed by atoms with Crippen LogP contribution in [0.1, 0.15) is 31.4 Å². The number of hydrogen-bond acceptors (Lipinski definition) is 1. The molecular weight excluding hydrogens is 253 g/mol. The molecule has 0 bridgehead atoms. The second-order valence-electron chi connectivity index (χ2n) is 4.61. The zero-order chi connectivity index (χ0) is 13.6. The minimum Gasteiger partial charge on any atom is -0.297 e. The first-order valence-corrected chi connectivity index (χ1v) is 5.54. The highest BCUT2D eigenvalue weighted by Crippen LogP contribution is 2.50. The van der Waals surface area contributed by atoms with E-state index in [1.54, 1.807) is 0 Å². The molecule has 1 fully saturated rings. The number of benzene rings is 1. The van der Waals surface area contributed by atoms with E-state index in [-0.39, 0.29) is 18.4 Å². The van der Waals surface area contributed by atoms with Crippen molar-refractivity contribution in [2.24, 2.45) is 0 Å². The molecule has 1 N–H and O–H groups in total. The zero-order valence-electron chi connectivity index (χ0n) is 9.61. The van der Waals surface area contributed by atoms with Gasteiger partial charge in [-0.3, -0.25) is 5.32 Å². The molecule has 1 atom stereocenters. The van der Waals surface area contributed by atoms with Gasteiger partial charge in [0, 0.05) is 17.7 Å². The minimum atomic E-state index is -4.35. The third-order valence-corrected chi connectivity index (χ3v) is 3.21. The molecule has 18 heavy (non-hydrogen) atoms. The summed E-state index contributed by atoms with van der Waals surface area (Å²) < 4.78 is 64.3. The Bertz CT molecular complexity index is 450. The average molecular weight is 265 g/mol. The summed E-state index contributed by atoms with van der Waals surface area (Å²) in [7, 11) is 0. The summed E-state index contributed by atoms with van der Waals surface area (Å²) in [6.07, 6.45) is -4.37. The van der Waals surface area contributed by atoms with Gasteiger partial charge in [0.25, 0.3) is 0 Å². The van der Waals surface area contributed by atoms with Crippen molar-refractivity contribution in [1.29, 1.82) is 0 Å². The van der Waals surface area contributed by atoms with Crippen molar-refractivity contribution in [3.8, 4) is 0 Å². The molecule has 0 aliphatic heterocycles. The van der Waals surface area contributed by atoms with Gasteiger partial charge in [-0.2, -0.15) is 13.2 Å². The fourth-order valence-electron chi connectivity index (χ4n) is 1.98. The number of nitrogens with one attached hydrogen (secondary N) is 1. The fourth-order valence-corrected chi connectivity index (χ4v) is 1.98. The van der Waals surface area contributed by atoms with Crippen molar-refractivity contribution >= 4 is 0 Å². The van der Waals surface area contributed by atoms with E-state index in [1.807, 2.05) is 0 Å². The summed E-state index contributed by atoms with van der Waals surface area (Å²) in [5, 5.41) is 2.40. The van der Waals surface area contributed by atoms with Crippen LogP contribution in [0, 0.1) is 11.6 Å². The molecule has 100 valence electrons. The monoisotopic (exact) mass is 265 g/mol. The molecule has 0 amide bonds. The molecule has 1 aromatic rings. The smallest absolute Gasteiger partial charge is 0.297 e. The van der Waals surface area contributed by atoms with Gasteiger partial charge in [-0.15, -0.1) is 0 Å². The van der Waals surface area contributed by atoms with Gasteiger partial charge >= 0.3 is 6.18 Å². The van der Waals surface area contributed by atoms with Crippen LogP contribution >= 0.6 is 0 Å². The Balaban J connectivity index is 2.16. The number of halogens is 5. The largest absolute Gasteiger partial charge is 0.406 e. The lowest BCUT2D eigenvalue weighted by molar-refractivity contribution is -0.167. The van der Waals surface area contributed by atoms with E-state index in [4.69, 9.17) is 0 Å². The standard InChI is InChI=1S/C12H12F5N/c1-7(9-3-2-8(13)6-10(9)14)18-11(4-5-11)12(15,16)17/h2-3,6-7,18H,4-5H2,1H3. The van der Waals surface area contributed by atoms with Gasteiger partial charge in [-0.1, -0.05) is 6.07 Å². The summed E-state index contributed by atoms with van der Waals surface area (Å²) in [4.78, 5) is 0. The molecule has 0 aromatic heterocycles. The van der Waals surface area contributed by atoms with Crippen LogP contribution in [0.4, 0.5) is 22.0 Å². The Morgan fingerprint density at radius 3 is 2.28 bits per heavy atom. The molecular formula is C12H12F5N. The van der Waals surface area contributed by atoms with Gasteiger partial charge in [-0.25, -0.2) is 8.78 Å². The molecule has 0 saturated heterocycles. The number of hydrogen-bond donors (Lipinski definition) is 1. The highest BCUT2D eigenvalue weighted by molar-refractivity contribution is 5.23. The topological polar surface area (TPSA) is 12.0 Å². The van der Waals surface area contributed by atoms with Crippen molar-refractivity contribution in [3.63, 3.8) is 0 Å². The molecule has 1 nitrogen and oxygen atoms in total. The van der Waals surface area contributed by atoms with Gasteiger partial charge in [0.1, 0.15) is 17.2 Å². The fraction of sp³-hybridized carbons (Fsp3) is 0.500. The summed E-state index contributed by atoms with van der Waals surface area (Å²) in [5.74, 6) is -1.59. The van der Waals surface area contributed by atoms with E-state index < -0.39 is 29.4 Å². The quantitative estimate of drug-likeness (QED) is 0.821. The van der Waals surface area contributed by atoms with Gasteiger partial charge in [0.15, 0.2) is 0 Å². The number of alkyl halides is 3. The molecule has 0 heterocycles. The van der Waals surface area contributed by atoms with Crippen LogP contribution in [0.5, 0.6) is 0 Å². The summed E-state index contributed by atoms with van der Waals surface area (Å²) >= 11 is 0. The van der Waals surface area contributed by atoms with E-state index in [2.05, 4.69) is 5.32 Å². The molecule has 1 aromatic carbocycles. The van der Waals surface area contributed by atoms with Crippen LogP contribution < -0.4 is 5.32 Å². The van der Waals surface area contributed by atoms with Crippen molar-refractivity contribution in [3.05, 3.63) is 35.4 Å². The van der Waals surface area contributed by atoms with Gasteiger partial charge in [0.05, 0.1) is 0 Å². The van der Waals surface area contributed by atoms with Gasteiger partial charge in [0.2, 0.25) is 0 Å². The third kappa shape index (κ3) is 2.34. The predicted octanol–water partition coefficient (Wildman–Crippen LogP) is 3.71. The maximum Gasteiger partial charge on any atom is 0.406 e. The molecule has 1 aliphatic rings. The second-order valence-corrected chi connectivity index (χ2v) is 4.61. The first-order chi connectivity index (χ1) is 8.25. The van der Waals surface area contributed by atoms with Crippen molar-refractivity contribution in [2.75, 3.05) is 0 Å². The zero-order valence-corrected chi connectivity index (χ0v) is 9.61. The van der Waals surface area contributed by atoms with E-state index in [0.29, 0.717) is 6.07 Å². The maximum absolute atomic E-state index is 13.4. The van der Waals surface area contributed by atoms with Crippen LogP contribution in [-0.2, 0) is 0 Å². The molecule has 6 heteroatoms. The van der Waals surface area contributed by atoms with Gasteiger partial charge in [-0.05, 0) is 25.8 Å². The SMILES string of the molecule is CC(NC1(C(F)(F)F)CC1)c1ccc(F)cc1F. The van der Waals surface area contributed by atoms with Crippen LogP contribution in [0.3, 0.4) is 0 Å². The molecule has 0 radical (unpaired) electrons. The Morgan fingerprint density at radius 2 is 1.83 bits per heavy atom. The lowest BCUT2D eigenvalue weighted by Crippen LogP contribution is -2.46. The molecule has 1 saturated carbocycles. The minimum absolute atomic E-state index is 0.0103. The lowest BCUT2D eigenvalue weighted by atomic mass is 10.1. The normalized spacial score (nSPS) is 19.7. The third-order valence-electron chi connectivity index (χ3n) is 3.21. The Kier molecular flexibility index (Phi) is 3.09. The highest BCUT2D eigenvalue weighted by atomic mass is 19.4. The maximum atomic E-state index is 13.4. The average Bonchev–Trinajstić information content (AvgIpc) is 2.97. The van der Waals surface area contributed by atoms with Crippen LogP contribution in [0.25, 0.3) is 0 Å². The summed E-state index contributed by atoms with van der Waals surface area (Å²) in [6, 6.07) is 2.04. The molecule has 0 spiro atoms. The molecule has 1 aliphatic carbocycles. The van der Waals surface area contributed by atoms with Crippen LogP contribution in [0.2, 0.25) is 0 Å². The first-order valence-electron chi connectivity index (χ1n) is 5.54. The first kappa shape index (κ1) is 13.3. The van der Waals surface area contributed by atoms with E-state index in [1.165, 1.54) is 6.92 Å². The van der Waals surface area contributed by atoms with Crippen molar-refractivity contribution < 1.29 is 22.0 Å². The second kappa shape index (κ2) is 4.19. The Hall–Kier alpha value is -1.17. The van der Waals surface area contributed by atoms with Crippen molar-refractivity contribution in [2.45, 2.75) is 37.5 Å². The predicted molar refractivity (Wildman–Crippen MR) is 55.9 cm³/mol. The van der Waals surface area contributed by atoms with Gasteiger partial charge < -0.3 is 0 Å². The highest BCUT2D eigenvalue weighted by Gasteiger charge is 2.63. The molecule has 2 rings (SSSR count). The summed E-state index contributed by atoms with van der Waals surface area (Å²) in [6.45, 7) is 1.43. The van der Waals surface area contributed by atoms with E-state index in [9.17, 15) is 22.0 Å². The van der Waals surface area contributed by atoms with Crippen LogP contribution in [-0.4, -0.2) is 11.7 Å². The summed E-state index contributed by atoms with van der Waals surface area (Å²) in [5.41, 5.74) is -1.88. The van der Waals surface area contributed by atoms with Crippen molar-refractivity contribution in [1.82, 2.24) is 5.32 Å². The van der Waals surface area contributed by atoms with E-state index in [0.717, 1.165) is 12.1 Å². The van der Waals surface area contributed by atoms with Crippen LogP contribution in [0.15, 0.2) is 18.2 Å². The van der Waals surface area contributed by atoms with E-state index >= 15 is 0 Å².